The van der Waals surface area contributed by atoms with Crippen molar-refractivity contribution in [1.29, 1.82) is 0 Å². The Morgan fingerprint density at radius 2 is 1.88 bits per heavy atom. The molecule has 0 saturated heterocycles. The molecule has 3 nitrogen and oxygen atoms in total. The average molecular weight is 400 g/mol. The summed E-state index contributed by atoms with van der Waals surface area (Å²) in [4.78, 5) is 0. The van der Waals surface area contributed by atoms with Gasteiger partial charge >= 0.3 is 6.61 Å². The van der Waals surface area contributed by atoms with E-state index < -0.39 is 6.61 Å². The molecule has 2 aromatic carbocycles. The molecule has 24 heavy (non-hydrogen) atoms. The summed E-state index contributed by atoms with van der Waals surface area (Å²) in [5.41, 5.74) is 2.08. The topological polar surface area (TPSA) is 30.5 Å². The molecular formula is C18H20BrF2NO2. The Kier molecular flexibility index (Phi) is 6.99. The zero-order chi connectivity index (χ0) is 17.5. The lowest BCUT2D eigenvalue weighted by molar-refractivity contribution is -0.0514. The number of rotatable bonds is 8. The first-order valence-corrected chi connectivity index (χ1v) is 8.49. The number of nitrogens with one attached hydrogen (secondary N) is 1. The first kappa shape index (κ1) is 18.7. The van der Waals surface area contributed by atoms with Crippen LogP contribution in [0.15, 0.2) is 46.9 Å². The third-order valence-corrected chi connectivity index (χ3v) is 4.23. The normalized spacial score (nSPS) is 12.2. The highest BCUT2D eigenvalue weighted by atomic mass is 79.9. The minimum atomic E-state index is -2.87. The molecule has 130 valence electrons. The Balaban J connectivity index is 2.07. The van der Waals surface area contributed by atoms with Crippen LogP contribution in [0, 0.1) is 0 Å². The molecular weight excluding hydrogens is 380 g/mol. The van der Waals surface area contributed by atoms with Gasteiger partial charge in [-0.25, -0.2) is 0 Å². The van der Waals surface area contributed by atoms with E-state index >= 15 is 0 Å². The van der Waals surface area contributed by atoms with E-state index in [1.54, 1.807) is 19.1 Å². The Morgan fingerprint density at radius 3 is 2.54 bits per heavy atom. The first-order chi connectivity index (χ1) is 11.5. The van der Waals surface area contributed by atoms with E-state index in [9.17, 15) is 8.78 Å². The van der Waals surface area contributed by atoms with Gasteiger partial charge in [-0.3, -0.25) is 0 Å². The summed E-state index contributed by atoms with van der Waals surface area (Å²) in [6.07, 6.45) is 0. The first-order valence-electron chi connectivity index (χ1n) is 7.69. The van der Waals surface area contributed by atoms with Crippen LogP contribution in [0.1, 0.15) is 31.0 Å². The van der Waals surface area contributed by atoms with Crippen LogP contribution in [0.3, 0.4) is 0 Å². The molecule has 0 heterocycles. The van der Waals surface area contributed by atoms with Crippen molar-refractivity contribution in [2.75, 3.05) is 6.61 Å². The van der Waals surface area contributed by atoms with E-state index in [1.165, 1.54) is 6.07 Å². The molecule has 6 heteroatoms. The molecule has 2 aromatic rings. The van der Waals surface area contributed by atoms with Crippen molar-refractivity contribution in [2.24, 2.45) is 0 Å². The van der Waals surface area contributed by atoms with Crippen molar-refractivity contribution >= 4 is 15.9 Å². The van der Waals surface area contributed by atoms with E-state index in [0.717, 1.165) is 15.6 Å². The van der Waals surface area contributed by atoms with Gasteiger partial charge < -0.3 is 14.8 Å². The van der Waals surface area contributed by atoms with E-state index in [0.29, 0.717) is 18.9 Å². The molecule has 0 saturated carbocycles. The zero-order valence-corrected chi connectivity index (χ0v) is 15.1. The van der Waals surface area contributed by atoms with Gasteiger partial charge in [0, 0.05) is 17.1 Å². The van der Waals surface area contributed by atoms with Gasteiger partial charge in [0.1, 0.15) is 0 Å². The predicted octanol–water partition coefficient (Wildman–Crippen LogP) is 5.30. The number of benzene rings is 2. The number of hydrogen-bond donors (Lipinski definition) is 1. The van der Waals surface area contributed by atoms with Gasteiger partial charge in [0.05, 0.1) is 6.61 Å². The number of halogens is 3. The summed E-state index contributed by atoms with van der Waals surface area (Å²) in [6.45, 7) is 1.95. The molecule has 1 unspecified atom stereocenters. The lowest BCUT2D eigenvalue weighted by atomic mass is 10.1. The molecule has 0 radical (unpaired) electrons. The molecule has 2 rings (SSSR count). The van der Waals surface area contributed by atoms with Gasteiger partial charge in [-0.2, -0.15) is 8.78 Å². The molecule has 0 spiro atoms. The zero-order valence-electron chi connectivity index (χ0n) is 13.6. The van der Waals surface area contributed by atoms with Crippen LogP contribution in [0.25, 0.3) is 0 Å². The Morgan fingerprint density at radius 1 is 1.12 bits per heavy atom. The summed E-state index contributed by atoms with van der Waals surface area (Å²) in [5, 5.41) is 3.41. The van der Waals surface area contributed by atoms with Gasteiger partial charge in [0.2, 0.25) is 0 Å². The predicted molar refractivity (Wildman–Crippen MR) is 93.6 cm³/mol. The molecule has 1 atom stereocenters. The van der Waals surface area contributed by atoms with Gasteiger partial charge in [0.15, 0.2) is 11.5 Å². The molecule has 1 N–H and O–H groups in total. The highest BCUT2D eigenvalue weighted by molar-refractivity contribution is 9.10. The van der Waals surface area contributed by atoms with Crippen LogP contribution in [0.5, 0.6) is 11.5 Å². The molecule has 0 aliphatic rings. The van der Waals surface area contributed by atoms with Crippen LogP contribution in [-0.4, -0.2) is 13.2 Å². The second-order valence-electron chi connectivity index (χ2n) is 5.22. The summed E-state index contributed by atoms with van der Waals surface area (Å²) in [7, 11) is 0. The van der Waals surface area contributed by atoms with Gasteiger partial charge in [-0.1, -0.05) is 40.2 Å². The minimum Gasteiger partial charge on any atom is -0.490 e. The van der Waals surface area contributed by atoms with Crippen molar-refractivity contribution in [1.82, 2.24) is 5.32 Å². The van der Waals surface area contributed by atoms with E-state index in [4.69, 9.17) is 4.74 Å². The number of hydrogen-bond acceptors (Lipinski definition) is 3. The number of alkyl halides is 2. The Bertz CT molecular complexity index is 667. The standard InChI is InChI=1S/C18H20BrF2NO2/c1-3-23-17-10-13(8-9-16(17)24-18(20)21)11-22-12(2)14-6-4-5-7-15(14)19/h4-10,12,18,22H,3,11H2,1-2H3. The molecule has 0 bridgehead atoms. The molecule has 0 amide bonds. The van der Waals surface area contributed by atoms with E-state index in [-0.39, 0.29) is 11.8 Å². The average Bonchev–Trinajstić information content (AvgIpc) is 2.55. The number of ether oxygens (including phenoxy) is 2. The molecule has 0 aliphatic heterocycles. The maximum atomic E-state index is 12.4. The summed E-state index contributed by atoms with van der Waals surface area (Å²) in [6, 6.07) is 13.1. The lowest BCUT2D eigenvalue weighted by Gasteiger charge is -2.17. The molecule has 0 aliphatic carbocycles. The quantitative estimate of drug-likeness (QED) is 0.653. The Labute approximate surface area is 149 Å². The Hall–Kier alpha value is -1.66. The second-order valence-corrected chi connectivity index (χ2v) is 6.07. The van der Waals surface area contributed by atoms with Crippen LogP contribution in [-0.2, 0) is 6.54 Å². The van der Waals surface area contributed by atoms with Crippen LogP contribution in [0.2, 0.25) is 0 Å². The van der Waals surface area contributed by atoms with Gasteiger partial charge in [-0.05, 0) is 43.2 Å². The van der Waals surface area contributed by atoms with Gasteiger partial charge in [-0.15, -0.1) is 0 Å². The van der Waals surface area contributed by atoms with E-state index in [1.807, 2.05) is 24.3 Å². The van der Waals surface area contributed by atoms with Crippen molar-refractivity contribution in [3.63, 3.8) is 0 Å². The molecule has 0 aromatic heterocycles. The van der Waals surface area contributed by atoms with Gasteiger partial charge in [0.25, 0.3) is 0 Å². The maximum absolute atomic E-state index is 12.4. The fourth-order valence-corrected chi connectivity index (χ4v) is 2.96. The molecule has 0 fully saturated rings. The van der Waals surface area contributed by atoms with Crippen LogP contribution >= 0.6 is 15.9 Å². The highest BCUT2D eigenvalue weighted by Gasteiger charge is 2.13. The van der Waals surface area contributed by atoms with Crippen LogP contribution in [0.4, 0.5) is 8.78 Å². The lowest BCUT2D eigenvalue weighted by Crippen LogP contribution is -2.18. The summed E-state index contributed by atoms with van der Waals surface area (Å²) in [5.74, 6) is 0.375. The van der Waals surface area contributed by atoms with Crippen molar-refractivity contribution < 1.29 is 18.3 Å². The SMILES string of the molecule is CCOc1cc(CNC(C)c2ccccc2Br)ccc1OC(F)F. The fraction of sp³-hybridized carbons (Fsp3) is 0.333. The van der Waals surface area contributed by atoms with Crippen molar-refractivity contribution in [3.8, 4) is 11.5 Å². The summed E-state index contributed by atoms with van der Waals surface area (Å²) >= 11 is 3.54. The third kappa shape index (κ3) is 5.18. The van der Waals surface area contributed by atoms with E-state index in [2.05, 4.69) is 32.9 Å². The largest absolute Gasteiger partial charge is 0.490 e. The third-order valence-electron chi connectivity index (χ3n) is 3.51. The van der Waals surface area contributed by atoms with Crippen LogP contribution < -0.4 is 14.8 Å². The second kappa shape index (κ2) is 8.99. The van der Waals surface area contributed by atoms with Crippen molar-refractivity contribution in [3.05, 3.63) is 58.1 Å². The monoisotopic (exact) mass is 399 g/mol. The smallest absolute Gasteiger partial charge is 0.387 e. The van der Waals surface area contributed by atoms with Crippen molar-refractivity contribution in [2.45, 2.75) is 33.0 Å². The highest BCUT2D eigenvalue weighted by Crippen LogP contribution is 2.30. The maximum Gasteiger partial charge on any atom is 0.387 e. The summed E-state index contributed by atoms with van der Waals surface area (Å²) < 4.78 is 35.8. The minimum absolute atomic E-state index is 0.0504. The fourth-order valence-electron chi connectivity index (χ4n) is 2.33.